The summed E-state index contributed by atoms with van der Waals surface area (Å²) in [6.45, 7) is 1.32. The molecule has 1 aromatic rings. The number of pyridine rings is 1. The van der Waals surface area contributed by atoms with Crippen LogP contribution in [0.5, 0.6) is 0 Å². The van der Waals surface area contributed by atoms with Crippen molar-refractivity contribution in [2.75, 3.05) is 18.5 Å². The molecule has 1 atom stereocenters. The van der Waals surface area contributed by atoms with Crippen molar-refractivity contribution in [1.29, 1.82) is 5.26 Å². The average Bonchev–Trinajstić information content (AvgIpc) is 2.89. The van der Waals surface area contributed by atoms with E-state index in [1.807, 2.05) is 6.07 Å². The molecule has 1 saturated heterocycles. The number of nitrogens with one attached hydrogen (secondary N) is 1. The summed E-state index contributed by atoms with van der Waals surface area (Å²) in [6, 6.07) is 5.62. The van der Waals surface area contributed by atoms with Crippen molar-refractivity contribution < 1.29 is 9.47 Å². The summed E-state index contributed by atoms with van der Waals surface area (Å²) >= 11 is 0. The van der Waals surface area contributed by atoms with E-state index < -0.39 is 0 Å². The van der Waals surface area contributed by atoms with Gasteiger partial charge < -0.3 is 14.8 Å². The summed E-state index contributed by atoms with van der Waals surface area (Å²) in [7, 11) is 0. The van der Waals surface area contributed by atoms with Gasteiger partial charge in [0.25, 0.3) is 0 Å². The normalized spacial score (nSPS) is 24.4. The van der Waals surface area contributed by atoms with Crippen LogP contribution in [0.4, 0.5) is 5.82 Å². The van der Waals surface area contributed by atoms with Crippen LogP contribution in [-0.4, -0.2) is 30.0 Å². The largest absolute Gasteiger partial charge is 0.367 e. The first kappa shape index (κ1) is 13.3. The summed E-state index contributed by atoms with van der Waals surface area (Å²) in [6.07, 6.45) is 7.33. The standard InChI is InChI=1S/C15H19N3O2/c16-8-12-4-5-14(17-9-12)18-10-13-11-19-15(20-13)6-2-1-3-7-15/h4-5,9,13H,1-3,6-7,10-11H2,(H,17,18). The minimum Gasteiger partial charge on any atom is -0.367 e. The first-order valence-corrected chi connectivity index (χ1v) is 7.21. The first-order valence-electron chi connectivity index (χ1n) is 7.21. The van der Waals surface area contributed by atoms with Crippen LogP contribution in [0, 0.1) is 11.3 Å². The van der Waals surface area contributed by atoms with E-state index in [0.29, 0.717) is 18.7 Å². The SMILES string of the molecule is N#Cc1ccc(NCC2COC3(CCCCC3)O2)nc1. The molecule has 2 heterocycles. The molecule has 1 unspecified atom stereocenters. The van der Waals surface area contributed by atoms with Crippen molar-refractivity contribution >= 4 is 5.82 Å². The smallest absolute Gasteiger partial charge is 0.168 e. The summed E-state index contributed by atoms with van der Waals surface area (Å²) < 4.78 is 12.0. The number of nitriles is 1. The third-order valence-corrected chi connectivity index (χ3v) is 3.93. The zero-order chi connectivity index (χ0) is 13.8. The molecule has 5 nitrogen and oxygen atoms in total. The Morgan fingerprint density at radius 3 is 2.90 bits per heavy atom. The number of anilines is 1. The molecule has 0 bridgehead atoms. The Hall–Kier alpha value is -1.64. The lowest BCUT2D eigenvalue weighted by atomic mass is 9.94. The van der Waals surface area contributed by atoms with Gasteiger partial charge in [-0.3, -0.25) is 0 Å². The summed E-state index contributed by atoms with van der Waals surface area (Å²) in [5, 5.41) is 12.0. The van der Waals surface area contributed by atoms with Crippen molar-refractivity contribution in [3.63, 3.8) is 0 Å². The molecule has 20 heavy (non-hydrogen) atoms. The zero-order valence-corrected chi connectivity index (χ0v) is 11.5. The molecule has 0 aromatic carbocycles. The fourth-order valence-electron chi connectivity index (χ4n) is 2.85. The topological polar surface area (TPSA) is 67.2 Å². The van der Waals surface area contributed by atoms with E-state index in [9.17, 15) is 0 Å². The quantitative estimate of drug-likeness (QED) is 0.916. The Balaban J connectivity index is 1.50. The van der Waals surface area contributed by atoms with Crippen LogP contribution in [-0.2, 0) is 9.47 Å². The van der Waals surface area contributed by atoms with Crippen molar-refractivity contribution in [2.24, 2.45) is 0 Å². The average molecular weight is 273 g/mol. The maximum absolute atomic E-state index is 8.72. The van der Waals surface area contributed by atoms with Gasteiger partial charge in [-0.25, -0.2) is 4.98 Å². The van der Waals surface area contributed by atoms with Gasteiger partial charge in [-0.15, -0.1) is 0 Å². The molecular formula is C15H19N3O2. The second-order valence-electron chi connectivity index (χ2n) is 5.45. The highest BCUT2D eigenvalue weighted by molar-refractivity contribution is 5.38. The van der Waals surface area contributed by atoms with Gasteiger partial charge in [0.1, 0.15) is 18.0 Å². The van der Waals surface area contributed by atoms with E-state index in [0.717, 1.165) is 18.7 Å². The molecule has 5 heteroatoms. The van der Waals surface area contributed by atoms with Gasteiger partial charge in [-0.2, -0.15) is 5.26 Å². The van der Waals surface area contributed by atoms with Gasteiger partial charge in [0.2, 0.25) is 0 Å². The van der Waals surface area contributed by atoms with Crippen molar-refractivity contribution in [1.82, 2.24) is 4.98 Å². The minimum atomic E-state index is -0.317. The lowest BCUT2D eigenvalue weighted by molar-refractivity contribution is -0.185. The Morgan fingerprint density at radius 2 is 2.20 bits per heavy atom. The van der Waals surface area contributed by atoms with Gasteiger partial charge in [-0.05, 0) is 25.0 Å². The Bertz CT molecular complexity index is 489. The van der Waals surface area contributed by atoms with E-state index in [4.69, 9.17) is 14.7 Å². The van der Waals surface area contributed by atoms with Gasteiger partial charge in [-0.1, -0.05) is 6.42 Å². The molecule has 2 aliphatic rings. The molecular weight excluding hydrogens is 254 g/mol. The monoisotopic (exact) mass is 273 g/mol. The molecule has 1 aliphatic heterocycles. The fraction of sp³-hybridized carbons (Fsp3) is 0.600. The van der Waals surface area contributed by atoms with Gasteiger partial charge in [0, 0.05) is 25.6 Å². The molecule has 3 rings (SSSR count). The van der Waals surface area contributed by atoms with Crippen LogP contribution in [0.3, 0.4) is 0 Å². The van der Waals surface area contributed by atoms with Gasteiger partial charge in [0.05, 0.1) is 12.2 Å². The van der Waals surface area contributed by atoms with Crippen LogP contribution >= 0.6 is 0 Å². The summed E-state index contributed by atoms with van der Waals surface area (Å²) in [5.74, 6) is 0.445. The van der Waals surface area contributed by atoms with E-state index in [1.165, 1.54) is 19.3 Å². The third kappa shape index (κ3) is 2.92. The Morgan fingerprint density at radius 1 is 1.35 bits per heavy atom. The molecule has 106 valence electrons. The molecule has 0 amide bonds. The highest BCUT2D eigenvalue weighted by Crippen LogP contribution is 2.37. The summed E-state index contributed by atoms with van der Waals surface area (Å²) in [4.78, 5) is 4.18. The Kier molecular flexibility index (Phi) is 3.86. The van der Waals surface area contributed by atoms with Crippen molar-refractivity contribution in [2.45, 2.75) is 44.0 Å². The van der Waals surface area contributed by atoms with Crippen LogP contribution in [0.1, 0.15) is 37.7 Å². The van der Waals surface area contributed by atoms with Crippen molar-refractivity contribution in [3.8, 4) is 6.07 Å². The van der Waals surface area contributed by atoms with Crippen LogP contribution in [0.15, 0.2) is 18.3 Å². The minimum absolute atomic E-state index is 0.0746. The third-order valence-electron chi connectivity index (χ3n) is 3.93. The predicted octanol–water partition coefficient (Wildman–Crippen LogP) is 2.44. The van der Waals surface area contributed by atoms with Crippen molar-refractivity contribution in [3.05, 3.63) is 23.9 Å². The number of ether oxygens (including phenoxy) is 2. The number of aromatic nitrogens is 1. The van der Waals surface area contributed by atoms with Crippen LogP contribution in [0.25, 0.3) is 0 Å². The molecule has 1 saturated carbocycles. The van der Waals surface area contributed by atoms with E-state index in [2.05, 4.69) is 16.4 Å². The fourth-order valence-corrected chi connectivity index (χ4v) is 2.85. The maximum Gasteiger partial charge on any atom is 0.168 e. The summed E-state index contributed by atoms with van der Waals surface area (Å²) in [5.41, 5.74) is 0.567. The molecule has 0 radical (unpaired) electrons. The van der Waals surface area contributed by atoms with Gasteiger partial charge >= 0.3 is 0 Å². The number of rotatable bonds is 3. The second kappa shape index (κ2) is 5.78. The maximum atomic E-state index is 8.72. The van der Waals surface area contributed by atoms with E-state index in [1.54, 1.807) is 12.3 Å². The molecule has 1 aliphatic carbocycles. The van der Waals surface area contributed by atoms with Crippen LogP contribution < -0.4 is 5.32 Å². The molecule has 1 aromatic heterocycles. The highest BCUT2D eigenvalue weighted by Gasteiger charge is 2.41. The van der Waals surface area contributed by atoms with E-state index in [-0.39, 0.29) is 11.9 Å². The second-order valence-corrected chi connectivity index (χ2v) is 5.45. The number of hydrogen-bond donors (Lipinski definition) is 1. The first-order chi connectivity index (χ1) is 9.80. The highest BCUT2D eigenvalue weighted by atomic mass is 16.7. The predicted molar refractivity (Wildman–Crippen MR) is 74.1 cm³/mol. The van der Waals surface area contributed by atoms with E-state index >= 15 is 0 Å². The number of nitrogens with zero attached hydrogens (tertiary/aromatic N) is 2. The van der Waals surface area contributed by atoms with Crippen LogP contribution in [0.2, 0.25) is 0 Å². The lowest BCUT2D eigenvalue weighted by Crippen LogP contribution is -2.34. The molecule has 1 spiro atoms. The lowest BCUT2D eigenvalue weighted by Gasteiger charge is -2.31. The molecule has 2 fully saturated rings. The zero-order valence-electron chi connectivity index (χ0n) is 11.5. The Labute approximate surface area is 118 Å². The van der Waals surface area contributed by atoms with Gasteiger partial charge in [0.15, 0.2) is 5.79 Å². The number of hydrogen-bond acceptors (Lipinski definition) is 5. The molecule has 1 N–H and O–H groups in total.